The Morgan fingerprint density at radius 3 is 2.38 bits per heavy atom. The zero-order valence-electron chi connectivity index (χ0n) is 12.4. The van der Waals surface area contributed by atoms with Crippen molar-refractivity contribution in [3.05, 3.63) is 52.0 Å². The molecule has 0 saturated heterocycles. The second-order valence-corrected chi connectivity index (χ2v) is 6.08. The summed E-state index contributed by atoms with van der Waals surface area (Å²) < 4.78 is 37.5. The number of rotatable bonds is 5. The number of amides is 1. The Balaban J connectivity index is 2.14. The van der Waals surface area contributed by atoms with Crippen molar-refractivity contribution in [1.82, 2.24) is 10.3 Å². The molecular formula is C15H13F3N2O3S. The van der Waals surface area contributed by atoms with Gasteiger partial charge in [0, 0.05) is 11.9 Å². The summed E-state index contributed by atoms with van der Waals surface area (Å²) in [5.41, 5.74) is -1.35. The number of hydrogen-bond donors (Lipinski definition) is 2. The molecule has 0 aliphatic rings. The summed E-state index contributed by atoms with van der Waals surface area (Å²) in [6.07, 6.45) is -4.62. The Morgan fingerprint density at radius 2 is 1.88 bits per heavy atom. The summed E-state index contributed by atoms with van der Waals surface area (Å²) in [6, 6.07) is 8.25. The number of aliphatic carboxylic acids is 1. The highest BCUT2D eigenvalue weighted by Crippen LogP contribution is 2.31. The number of nitrogens with zero attached hydrogens (tertiary/aromatic N) is 1. The lowest BCUT2D eigenvalue weighted by molar-refractivity contribution is -0.143. The molecule has 24 heavy (non-hydrogen) atoms. The Kier molecular flexibility index (Phi) is 4.93. The van der Waals surface area contributed by atoms with Crippen LogP contribution >= 0.6 is 11.3 Å². The normalized spacial score (nSPS) is 14.0. The number of aromatic nitrogens is 1. The summed E-state index contributed by atoms with van der Waals surface area (Å²) >= 11 is 0.308. The number of hydrogen-bond acceptors (Lipinski definition) is 4. The van der Waals surface area contributed by atoms with E-state index in [0.29, 0.717) is 16.9 Å². The minimum absolute atomic E-state index is 0.288. The first-order chi connectivity index (χ1) is 11.1. The molecule has 0 aliphatic heterocycles. The van der Waals surface area contributed by atoms with E-state index in [1.165, 1.54) is 6.92 Å². The molecule has 0 aliphatic carbocycles. The largest absolute Gasteiger partial charge is 0.481 e. The van der Waals surface area contributed by atoms with Crippen molar-refractivity contribution in [3.8, 4) is 0 Å². The Bertz CT molecular complexity index is 746. The lowest BCUT2D eigenvalue weighted by atomic mass is 9.82. The fourth-order valence-electron chi connectivity index (χ4n) is 1.96. The van der Waals surface area contributed by atoms with Crippen LogP contribution in [0.15, 0.2) is 35.7 Å². The van der Waals surface area contributed by atoms with Crippen molar-refractivity contribution >= 4 is 23.2 Å². The molecule has 1 atom stereocenters. The molecule has 128 valence electrons. The van der Waals surface area contributed by atoms with Crippen LogP contribution in [0.1, 0.15) is 28.0 Å². The van der Waals surface area contributed by atoms with Crippen molar-refractivity contribution in [1.29, 1.82) is 0 Å². The second kappa shape index (κ2) is 6.60. The number of halogens is 3. The minimum Gasteiger partial charge on any atom is -0.481 e. The van der Waals surface area contributed by atoms with Gasteiger partial charge in [-0.2, -0.15) is 13.2 Å². The number of nitrogens with one attached hydrogen (secondary N) is 1. The van der Waals surface area contributed by atoms with Crippen LogP contribution in [0.3, 0.4) is 0 Å². The Labute approximate surface area is 139 Å². The van der Waals surface area contributed by atoms with Crippen molar-refractivity contribution in [2.45, 2.75) is 18.5 Å². The molecule has 0 bridgehead atoms. The molecule has 2 N–H and O–H groups in total. The van der Waals surface area contributed by atoms with Gasteiger partial charge in [0.2, 0.25) is 0 Å². The number of carboxylic acids is 1. The van der Waals surface area contributed by atoms with Crippen LogP contribution in [-0.2, 0) is 16.4 Å². The van der Waals surface area contributed by atoms with E-state index in [1.54, 1.807) is 30.3 Å². The van der Waals surface area contributed by atoms with E-state index in [9.17, 15) is 27.9 Å². The minimum atomic E-state index is -4.62. The molecule has 0 fully saturated rings. The molecule has 2 rings (SSSR count). The summed E-state index contributed by atoms with van der Waals surface area (Å²) in [6.45, 7) is 1.14. The molecule has 2 aromatic rings. The third-order valence-electron chi connectivity index (χ3n) is 3.46. The van der Waals surface area contributed by atoms with Crippen molar-refractivity contribution < 1.29 is 27.9 Å². The first kappa shape index (κ1) is 17.9. The monoisotopic (exact) mass is 358 g/mol. The molecule has 9 heteroatoms. The van der Waals surface area contributed by atoms with Gasteiger partial charge in [-0.15, -0.1) is 11.3 Å². The van der Waals surface area contributed by atoms with Crippen LogP contribution in [-0.4, -0.2) is 28.5 Å². The first-order valence-corrected chi connectivity index (χ1v) is 7.62. The van der Waals surface area contributed by atoms with Crippen LogP contribution in [0.2, 0.25) is 0 Å². The highest BCUT2D eigenvalue weighted by molar-refractivity contribution is 7.09. The lowest BCUT2D eigenvalue weighted by Gasteiger charge is -2.25. The van der Waals surface area contributed by atoms with E-state index >= 15 is 0 Å². The number of carboxylic acid groups (broad SMARTS) is 1. The van der Waals surface area contributed by atoms with Gasteiger partial charge in [0.05, 0.1) is 0 Å². The summed E-state index contributed by atoms with van der Waals surface area (Å²) in [4.78, 5) is 26.8. The molecule has 5 nitrogen and oxygen atoms in total. The highest BCUT2D eigenvalue weighted by atomic mass is 32.1. The lowest BCUT2D eigenvalue weighted by Crippen LogP contribution is -2.44. The fraction of sp³-hybridized carbons (Fsp3) is 0.267. The standard InChI is InChI=1S/C15H13F3N2O3S/c1-14(13(22)23,9-5-3-2-4-6-9)8-19-11(21)10-7-24-12(20-10)15(16,17)18/h2-7H,8H2,1H3,(H,19,21)(H,22,23). The summed E-state index contributed by atoms with van der Waals surface area (Å²) in [7, 11) is 0. The maximum Gasteiger partial charge on any atom is 0.443 e. The van der Waals surface area contributed by atoms with Crippen molar-refractivity contribution in [2.24, 2.45) is 0 Å². The van der Waals surface area contributed by atoms with Gasteiger partial charge in [0.1, 0.15) is 11.1 Å². The number of benzene rings is 1. The van der Waals surface area contributed by atoms with E-state index in [4.69, 9.17) is 0 Å². The zero-order valence-corrected chi connectivity index (χ0v) is 13.2. The van der Waals surface area contributed by atoms with Crippen molar-refractivity contribution in [3.63, 3.8) is 0 Å². The molecule has 0 saturated carbocycles. The highest BCUT2D eigenvalue weighted by Gasteiger charge is 2.37. The molecule has 0 radical (unpaired) electrons. The van der Waals surface area contributed by atoms with E-state index in [0.717, 1.165) is 5.38 Å². The maximum absolute atomic E-state index is 12.5. The van der Waals surface area contributed by atoms with Gasteiger partial charge in [-0.05, 0) is 12.5 Å². The number of alkyl halides is 3. The van der Waals surface area contributed by atoms with E-state index in [2.05, 4.69) is 10.3 Å². The van der Waals surface area contributed by atoms with Gasteiger partial charge < -0.3 is 10.4 Å². The number of thiazole rings is 1. The van der Waals surface area contributed by atoms with E-state index in [1.807, 2.05) is 0 Å². The number of carbonyl (C=O) groups excluding carboxylic acids is 1. The quantitative estimate of drug-likeness (QED) is 0.861. The number of carbonyl (C=O) groups is 2. The summed E-state index contributed by atoms with van der Waals surface area (Å²) in [5.74, 6) is -2.02. The predicted octanol–water partition coefficient (Wildman–Crippen LogP) is 2.93. The van der Waals surface area contributed by atoms with Crippen LogP contribution in [0.25, 0.3) is 0 Å². The van der Waals surface area contributed by atoms with Crippen LogP contribution in [0.4, 0.5) is 13.2 Å². The maximum atomic E-state index is 12.5. The molecule has 1 heterocycles. The molecule has 1 aromatic heterocycles. The van der Waals surface area contributed by atoms with E-state index in [-0.39, 0.29) is 6.54 Å². The molecule has 1 amide bonds. The van der Waals surface area contributed by atoms with Gasteiger partial charge in [0.25, 0.3) is 5.91 Å². The molecular weight excluding hydrogens is 345 g/mol. The van der Waals surface area contributed by atoms with Gasteiger partial charge in [-0.1, -0.05) is 30.3 Å². The Morgan fingerprint density at radius 1 is 1.25 bits per heavy atom. The average Bonchev–Trinajstić information content (AvgIpc) is 3.03. The second-order valence-electron chi connectivity index (χ2n) is 5.22. The Hall–Kier alpha value is -2.42. The van der Waals surface area contributed by atoms with Gasteiger partial charge in [0.15, 0.2) is 5.01 Å². The van der Waals surface area contributed by atoms with Crippen LogP contribution in [0.5, 0.6) is 0 Å². The van der Waals surface area contributed by atoms with Crippen LogP contribution < -0.4 is 5.32 Å². The third kappa shape index (κ3) is 3.73. The predicted molar refractivity (Wildman–Crippen MR) is 80.9 cm³/mol. The van der Waals surface area contributed by atoms with Crippen molar-refractivity contribution in [2.75, 3.05) is 6.54 Å². The topological polar surface area (TPSA) is 79.3 Å². The van der Waals surface area contributed by atoms with E-state index < -0.39 is 34.2 Å². The fourth-order valence-corrected chi connectivity index (χ4v) is 2.63. The SMILES string of the molecule is CC(CNC(=O)c1csc(C(F)(F)F)n1)(C(=O)O)c1ccccc1. The first-order valence-electron chi connectivity index (χ1n) is 6.74. The molecule has 0 spiro atoms. The van der Waals surface area contributed by atoms with Gasteiger partial charge in [-0.25, -0.2) is 4.98 Å². The van der Waals surface area contributed by atoms with Gasteiger partial charge >= 0.3 is 12.1 Å². The van der Waals surface area contributed by atoms with Gasteiger partial charge in [-0.3, -0.25) is 9.59 Å². The zero-order chi connectivity index (χ0) is 18.0. The third-order valence-corrected chi connectivity index (χ3v) is 4.35. The smallest absolute Gasteiger partial charge is 0.443 e. The average molecular weight is 358 g/mol. The molecule has 1 aromatic carbocycles. The van der Waals surface area contributed by atoms with Crippen LogP contribution in [0, 0.1) is 0 Å². The summed E-state index contributed by atoms with van der Waals surface area (Å²) in [5, 5.41) is 11.7. The molecule has 1 unspecified atom stereocenters.